The molecule has 0 N–H and O–H groups in total. The van der Waals surface area contributed by atoms with E-state index < -0.39 is 0 Å². The van der Waals surface area contributed by atoms with Crippen LogP contribution in [0.3, 0.4) is 0 Å². The highest BCUT2D eigenvalue weighted by atomic mass is 16.5. The molecule has 5 heterocycles. The van der Waals surface area contributed by atoms with Crippen LogP contribution in [0.5, 0.6) is 11.5 Å². The van der Waals surface area contributed by atoms with Crippen LogP contribution in [0.15, 0.2) is 110 Å². The van der Waals surface area contributed by atoms with E-state index >= 15 is 0 Å². The van der Waals surface area contributed by atoms with Gasteiger partial charge in [-0.15, -0.1) is 0 Å². The second kappa shape index (κ2) is 9.12. The van der Waals surface area contributed by atoms with Crippen LogP contribution in [-0.4, -0.2) is 23.8 Å². The molecule has 4 aromatic carbocycles. The van der Waals surface area contributed by atoms with Gasteiger partial charge < -0.3 is 4.74 Å². The summed E-state index contributed by atoms with van der Waals surface area (Å²) in [5.41, 5.74) is 11.3. The van der Waals surface area contributed by atoms with Crippen molar-refractivity contribution >= 4 is 54.8 Å². The molecule has 0 saturated heterocycles. The predicted molar refractivity (Wildman–Crippen MR) is 178 cm³/mol. The first-order chi connectivity index (χ1) is 21.5. The van der Waals surface area contributed by atoms with E-state index in [1.54, 1.807) is 0 Å². The Kier molecular flexibility index (Phi) is 5.14. The van der Waals surface area contributed by atoms with Gasteiger partial charge >= 0.3 is 0 Å². The highest BCUT2D eigenvalue weighted by Crippen LogP contribution is 2.38. The van der Waals surface area contributed by atoms with Gasteiger partial charge in [0.05, 0.1) is 16.6 Å². The number of aryl methyl sites for hydroxylation is 3. The zero-order valence-corrected chi connectivity index (χ0v) is 24.5. The lowest BCUT2D eigenvalue weighted by Crippen LogP contribution is -1.94. The lowest BCUT2D eigenvalue weighted by molar-refractivity contribution is 0.484. The second-order valence-corrected chi connectivity index (χ2v) is 11.6. The monoisotopic (exact) mass is 569 g/mol. The van der Waals surface area contributed by atoms with Crippen LogP contribution >= 0.6 is 0 Å². The fourth-order valence-corrected chi connectivity index (χ4v) is 7.07. The number of benzene rings is 4. The number of rotatable bonds is 3. The summed E-state index contributed by atoms with van der Waals surface area (Å²) in [5.74, 6) is 1.49. The van der Waals surface area contributed by atoms with Crippen molar-refractivity contribution in [3.8, 4) is 22.6 Å². The maximum Gasteiger partial charge on any atom is 0.145 e. The molecule has 0 aliphatic rings. The summed E-state index contributed by atoms with van der Waals surface area (Å²) < 4.78 is 10.8. The minimum atomic E-state index is 0.741. The molecule has 6 nitrogen and oxygen atoms in total. The zero-order valence-electron chi connectivity index (χ0n) is 24.5. The number of imidazole rings is 2. The number of nitrogens with zero attached hydrogens (tertiary/aromatic N) is 5. The van der Waals surface area contributed by atoms with E-state index in [1.165, 1.54) is 33.2 Å². The molecule has 6 heteroatoms. The van der Waals surface area contributed by atoms with Gasteiger partial charge in [0.15, 0.2) is 0 Å². The van der Waals surface area contributed by atoms with Gasteiger partial charge in [-0.3, -0.25) is 13.8 Å². The molecule has 0 spiro atoms. The first kappa shape index (κ1) is 24.8. The van der Waals surface area contributed by atoms with Crippen LogP contribution in [0.25, 0.3) is 65.9 Å². The van der Waals surface area contributed by atoms with E-state index in [2.05, 4.69) is 100 Å². The SMILES string of the molecule is Cc1cc(C)c(-c2ccc3c(c2)c2ccc(Oc4ccc5c(c4)c4nccn4c4cccnc54)cc2c2nccn32)c(C)c1. The van der Waals surface area contributed by atoms with Crippen molar-refractivity contribution in [3.05, 3.63) is 127 Å². The molecule has 0 bridgehead atoms. The van der Waals surface area contributed by atoms with Gasteiger partial charge in [0.25, 0.3) is 0 Å². The molecule has 0 saturated carbocycles. The fourth-order valence-electron chi connectivity index (χ4n) is 7.07. The Hall–Kier alpha value is -5.75. The molecule has 0 fully saturated rings. The van der Waals surface area contributed by atoms with E-state index in [9.17, 15) is 0 Å². The van der Waals surface area contributed by atoms with Crippen LogP contribution in [0.2, 0.25) is 0 Å². The average Bonchev–Trinajstić information content (AvgIpc) is 3.72. The van der Waals surface area contributed by atoms with Crippen molar-refractivity contribution in [2.75, 3.05) is 0 Å². The lowest BCUT2D eigenvalue weighted by Gasteiger charge is -2.15. The summed E-state index contributed by atoms with van der Waals surface area (Å²) in [7, 11) is 0. The molecule has 0 aliphatic heterocycles. The van der Waals surface area contributed by atoms with E-state index in [4.69, 9.17) is 9.72 Å². The Morgan fingerprint density at radius 2 is 1.20 bits per heavy atom. The molecule has 0 unspecified atom stereocenters. The third-order valence-corrected chi connectivity index (χ3v) is 8.79. The number of hydrogen-bond acceptors (Lipinski definition) is 4. The topological polar surface area (TPSA) is 56.7 Å². The van der Waals surface area contributed by atoms with Crippen molar-refractivity contribution in [2.24, 2.45) is 0 Å². The Labute approximate surface area is 252 Å². The molecule has 0 amide bonds. The lowest BCUT2D eigenvalue weighted by atomic mass is 9.92. The highest BCUT2D eigenvalue weighted by molar-refractivity contribution is 6.13. The Bertz CT molecular complexity index is 2600. The minimum Gasteiger partial charge on any atom is -0.457 e. The molecular weight excluding hydrogens is 542 g/mol. The van der Waals surface area contributed by atoms with Crippen molar-refractivity contribution in [1.82, 2.24) is 23.8 Å². The number of fused-ring (bicyclic) bond motifs is 12. The minimum absolute atomic E-state index is 0.741. The highest BCUT2D eigenvalue weighted by Gasteiger charge is 2.15. The summed E-state index contributed by atoms with van der Waals surface area (Å²) in [6.45, 7) is 6.55. The van der Waals surface area contributed by atoms with Crippen LogP contribution in [-0.2, 0) is 0 Å². The first-order valence-electron chi connectivity index (χ1n) is 14.8. The Balaban J connectivity index is 1.20. The maximum absolute atomic E-state index is 6.51. The molecule has 9 rings (SSSR count). The van der Waals surface area contributed by atoms with Crippen molar-refractivity contribution < 1.29 is 4.74 Å². The van der Waals surface area contributed by atoms with Crippen molar-refractivity contribution in [1.29, 1.82) is 0 Å². The first-order valence-corrected chi connectivity index (χ1v) is 14.8. The summed E-state index contributed by atoms with van der Waals surface area (Å²) in [6, 6.07) is 27.8. The number of pyridine rings is 3. The normalized spacial score (nSPS) is 12.0. The van der Waals surface area contributed by atoms with Gasteiger partial charge in [-0.05, 0) is 109 Å². The van der Waals surface area contributed by atoms with Crippen LogP contribution in [0, 0.1) is 20.8 Å². The van der Waals surface area contributed by atoms with Gasteiger partial charge in [-0.25, -0.2) is 9.97 Å². The largest absolute Gasteiger partial charge is 0.457 e. The zero-order chi connectivity index (χ0) is 29.5. The molecule has 9 aromatic rings. The number of ether oxygens (including phenoxy) is 1. The van der Waals surface area contributed by atoms with Gasteiger partial charge in [0.2, 0.25) is 0 Å². The third-order valence-electron chi connectivity index (χ3n) is 8.79. The van der Waals surface area contributed by atoms with Crippen LogP contribution in [0.1, 0.15) is 16.7 Å². The molecule has 5 aromatic heterocycles. The second-order valence-electron chi connectivity index (χ2n) is 11.6. The van der Waals surface area contributed by atoms with Crippen LogP contribution < -0.4 is 4.74 Å². The summed E-state index contributed by atoms with van der Waals surface area (Å²) in [6.07, 6.45) is 9.52. The molecule has 210 valence electrons. The fraction of sp³-hybridized carbons (Fsp3) is 0.0789. The van der Waals surface area contributed by atoms with E-state index in [1.807, 2.05) is 49.2 Å². The van der Waals surface area contributed by atoms with Gasteiger partial charge in [0.1, 0.15) is 22.8 Å². The van der Waals surface area contributed by atoms with Crippen LogP contribution in [0.4, 0.5) is 0 Å². The molecule has 0 radical (unpaired) electrons. The summed E-state index contributed by atoms with van der Waals surface area (Å²) >= 11 is 0. The predicted octanol–water partition coefficient (Wildman–Crippen LogP) is 9.37. The molecule has 0 atom stereocenters. The Morgan fingerprint density at radius 1 is 0.545 bits per heavy atom. The smallest absolute Gasteiger partial charge is 0.145 e. The van der Waals surface area contributed by atoms with Crippen molar-refractivity contribution in [2.45, 2.75) is 20.8 Å². The average molecular weight is 570 g/mol. The number of hydrogen-bond donors (Lipinski definition) is 0. The quantitative estimate of drug-likeness (QED) is 0.199. The van der Waals surface area contributed by atoms with Gasteiger partial charge in [-0.1, -0.05) is 23.8 Å². The van der Waals surface area contributed by atoms with E-state index in [0.717, 1.165) is 60.9 Å². The summed E-state index contributed by atoms with van der Waals surface area (Å²) in [5, 5.41) is 5.41. The molecule has 44 heavy (non-hydrogen) atoms. The Morgan fingerprint density at radius 3 is 1.93 bits per heavy atom. The number of aromatic nitrogens is 5. The van der Waals surface area contributed by atoms with E-state index in [-0.39, 0.29) is 0 Å². The van der Waals surface area contributed by atoms with Gasteiger partial charge in [0, 0.05) is 52.5 Å². The van der Waals surface area contributed by atoms with E-state index in [0.29, 0.717) is 0 Å². The molecular formula is C38H27N5O. The summed E-state index contributed by atoms with van der Waals surface area (Å²) in [4.78, 5) is 14.1. The maximum atomic E-state index is 6.51. The third kappa shape index (κ3) is 3.57. The molecule has 0 aliphatic carbocycles. The standard InChI is InChI=1S/C38H27N5O/c1-22-17-23(2)35(24(3)18-22)25-6-11-33-30(19-25)28-9-7-26(20-31(28)37-40-13-15-42(33)37)44-27-8-10-29-32(21-27)38-41-14-16-43(38)34-5-4-12-39-36(29)34/h4-21H,1-3H3. The van der Waals surface area contributed by atoms with Gasteiger partial charge in [-0.2, -0.15) is 0 Å². The van der Waals surface area contributed by atoms with Crippen molar-refractivity contribution in [3.63, 3.8) is 0 Å².